The quantitative estimate of drug-likeness (QED) is 0.870. The monoisotopic (exact) mass is 268 g/mol. The maximum atomic E-state index is 11.6. The Morgan fingerprint density at radius 1 is 1.28 bits per heavy atom. The fourth-order valence-corrected chi connectivity index (χ4v) is 4.44. The molecule has 100 valence electrons. The average molecular weight is 268 g/mol. The third-order valence-electron chi connectivity index (χ3n) is 3.47. The normalized spacial score (nSPS) is 26.6. The van der Waals surface area contributed by atoms with Gasteiger partial charge in [-0.25, -0.2) is 8.42 Å². The molecule has 2 unspecified atom stereocenters. The Morgan fingerprint density at radius 3 is 2.44 bits per heavy atom. The molecule has 4 nitrogen and oxygen atoms in total. The highest BCUT2D eigenvalue weighted by atomic mass is 32.2. The van der Waals surface area contributed by atoms with Crippen molar-refractivity contribution in [3.63, 3.8) is 0 Å². The second-order valence-electron chi connectivity index (χ2n) is 4.86. The maximum absolute atomic E-state index is 11.6. The van der Waals surface area contributed by atoms with Crippen LogP contribution in [0.4, 0.5) is 0 Å². The van der Waals surface area contributed by atoms with Crippen molar-refractivity contribution in [3.8, 4) is 0 Å². The topological polar surface area (TPSA) is 63.4 Å². The van der Waals surface area contributed by atoms with Gasteiger partial charge in [0.05, 0.1) is 11.5 Å². The highest BCUT2D eigenvalue weighted by Crippen LogP contribution is 2.19. The summed E-state index contributed by atoms with van der Waals surface area (Å²) in [6, 6.07) is 9.75. The molecule has 0 radical (unpaired) electrons. The standard InChI is InChI=1S/C13H20N2O2S/c1-2-15(8-11-6-4-3-5-7-11)13-10-18(16,17)9-12(13)14/h3-7,12-13H,2,8-10,14H2,1H3. The summed E-state index contributed by atoms with van der Waals surface area (Å²) < 4.78 is 23.2. The molecule has 2 N–H and O–H groups in total. The summed E-state index contributed by atoms with van der Waals surface area (Å²) in [4.78, 5) is 2.16. The van der Waals surface area contributed by atoms with Crippen molar-refractivity contribution in [2.75, 3.05) is 18.1 Å². The lowest BCUT2D eigenvalue weighted by molar-refractivity contribution is 0.200. The molecule has 0 saturated carbocycles. The lowest BCUT2D eigenvalue weighted by atomic mass is 10.1. The molecule has 0 amide bonds. The van der Waals surface area contributed by atoms with E-state index in [1.54, 1.807) is 0 Å². The third kappa shape index (κ3) is 3.10. The van der Waals surface area contributed by atoms with Gasteiger partial charge in [0.15, 0.2) is 9.84 Å². The van der Waals surface area contributed by atoms with Crippen LogP contribution in [-0.2, 0) is 16.4 Å². The van der Waals surface area contributed by atoms with Crippen molar-refractivity contribution in [3.05, 3.63) is 35.9 Å². The van der Waals surface area contributed by atoms with Gasteiger partial charge >= 0.3 is 0 Å². The number of benzene rings is 1. The van der Waals surface area contributed by atoms with Crippen LogP contribution in [0, 0.1) is 0 Å². The van der Waals surface area contributed by atoms with Crippen molar-refractivity contribution in [1.82, 2.24) is 4.90 Å². The zero-order valence-electron chi connectivity index (χ0n) is 10.6. The van der Waals surface area contributed by atoms with Gasteiger partial charge in [-0.1, -0.05) is 37.3 Å². The van der Waals surface area contributed by atoms with E-state index >= 15 is 0 Å². The molecule has 18 heavy (non-hydrogen) atoms. The van der Waals surface area contributed by atoms with Crippen LogP contribution in [0.3, 0.4) is 0 Å². The van der Waals surface area contributed by atoms with E-state index in [1.165, 1.54) is 5.56 Å². The molecule has 1 saturated heterocycles. The number of sulfone groups is 1. The van der Waals surface area contributed by atoms with Crippen molar-refractivity contribution < 1.29 is 8.42 Å². The Kier molecular flexibility index (Phi) is 4.04. The number of nitrogens with two attached hydrogens (primary N) is 1. The predicted octanol–water partition coefficient (Wildman–Crippen LogP) is 0.633. The third-order valence-corrected chi connectivity index (χ3v) is 5.21. The van der Waals surface area contributed by atoms with E-state index in [0.29, 0.717) is 0 Å². The van der Waals surface area contributed by atoms with Crippen molar-refractivity contribution >= 4 is 9.84 Å². The summed E-state index contributed by atoms with van der Waals surface area (Å²) >= 11 is 0. The van der Waals surface area contributed by atoms with Crippen LogP contribution in [0.2, 0.25) is 0 Å². The molecule has 1 aliphatic heterocycles. The van der Waals surface area contributed by atoms with Gasteiger partial charge in [0.2, 0.25) is 0 Å². The second kappa shape index (κ2) is 5.38. The molecule has 0 spiro atoms. The van der Waals surface area contributed by atoms with Crippen LogP contribution < -0.4 is 5.73 Å². The number of nitrogens with zero attached hydrogens (tertiary/aromatic N) is 1. The molecule has 2 atom stereocenters. The van der Waals surface area contributed by atoms with Gasteiger partial charge in [-0.2, -0.15) is 0 Å². The first-order valence-electron chi connectivity index (χ1n) is 6.26. The van der Waals surface area contributed by atoms with Crippen LogP contribution in [0.1, 0.15) is 12.5 Å². The Morgan fingerprint density at radius 2 is 1.94 bits per heavy atom. The Balaban J connectivity index is 2.10. The van der Waals surface area contributed by atoms with Gasteiger partial charge in [-0.05, 0) is 12.1 Å². The summed E-state index contributed by atoms with van der Waals surface area (Å²) in [5, 5.41) is 0. The minimum Gasteiger partial charge on any atom is -0.325 e. The van der Waals surface area contributed by atoms with Gasteiger partial charge in [-0.3, -0.25) is 4.90 Å². The summed E-state index contributed by atoms with van der Waals surface area (Å²) in [6.45, 7) is 3.61. The Bertz CT molecular complexity index is 487. The summed E-state index contributed by atoms with van der Waals surface area (Å²) in [5.41, 5.74) is 7.15. The lowest BCUT2D eigenvalue weighted by Crippen LogP contribution is -2.46. The van der Waals surface area contributed by atoms with E-state index in [2.05, 4.69) is 17.0 Å². The van der Waals surface area contributed by atoms with E-state index < -0.39 is 9.84 Å². The maximum Gasteiger partial charge on any atom is 0.153 e. The number of likely N-dealkylation sites (N-methyl/N-ethyl adjacent to an activating group) is 1. The molecule has 1 aromatic carbocycles. The smallest absolute Gasteiger partial charge is 0.153 e. The minimum absolute atomic E-state index is 0.0554. The largest absolute Gasteiger partial charge is 0.325 e. The molecular formula is C13H20N2O2S. The molecule has 1 fully saturated rings. The van der Waals surface area contributed by atoms with Gasteiger partial charge < -0.3 is 5.73 Å². The lowest BCUT2D eigenvalue weighted by Gasteiger charge is -2.29. The van der Waals surface area contributed by atoms with Gasteiger partial charge in [-0.15, -0.1) is 0 Å². The predicted molar refractivity (Wildman–Crippen MR) is 72.9 cm³/mol. The SMILES string of the molecule is CCN(Cc1ccccc1)C1CS(=O)(=O)CC1N. The fraction of sp³-hybridized carbons (Fsp3) is 0.538. The van der Waals surface area contributed by atoms with E-state index in [-0.39, 0.29) is 23.6 Å². The average Bonchev–Trinajstić information content (AvgIpc) is 2.61. The molecule has 1 heterocycles. The number of hydrogen-bond donors (Lipinski definition) is 1. The zero-order valence-corrected chi connectivity index (χ0v) is 11.4. The highest BCUT2D eigenvalue weighted by Gasteiger charge is 2.38. The van der Waals surface area contributed by atoms with E-state index in [0.717, 1.165) is 13.1 Å². The second-order valence-corrected chi connectivity index (χ2v) is 7.01. The number of rotatable bonds is 4. The summed E-state index contributed by atoms with van der Waals surface area (Å²) in [7, 11) is -2.96. The van der Waals surface area contributed by atoms with E-state index in [4.69, 9.17) is 5.73 Å². The fourth-order valence-electron chi connectivity index (χ4n) is 2.51. The Hall–Kier alpha value is -0.910. The first-order valence-corrected chi connectivity index (χ1v) is 8.08. The van der Waals surface area contributed by atoms with Gasteiger partial charge in [0, 0.05) is 18.6 Å². The van der Waals surface area contributed by atoms with Crippen molar-refractivity contribution in [1.29, 1.82) is 0 Å². The van der Waals surface area contributed by atoms with Crippen LogP contribution in [0.5, 0.6) is 0 Å². The molecule has 1 aliphatic rings. The molecular weight excluding hydrogens is 248 g/mol. The molecule has 0 bridgehead atoms. The zero-order chi connectivity index (χ0) is 13.2. The van der Waals surface area contributed by atoms with E-state index in [9.17, 15) is 8.42 Å². The van der Waals surface area contributed by atoms with Crippen LogP contribution in [-0.4, -0.2) is 43.5 Å². The van der Waals surface area contributed by atoms with Crippen LogP contribution in [0.25, 0.3) is 0 Å². The summed E-state index contributed by atoms with van der Waals surface area (Å²) in [6.07, 6.45) is 0. The molecule has 2 rings (SSSR count). The van der Waals surface area contributed by atoms with E-state index in [1.807, 2.05) is 25.1 Å². The van der Waals surface area contributed by atoms with Crippen molar-refractivity contribution in [2.24, 2.45) is 5.73 Å². The highest BCUT2D eigenvalue weighted by molar-refractivity contribution is 7.91. The van der Waals surface area contributed by atoms with Crippen LogP contribution >= 0.6 is 0 Å². The number of hydrogen-bond acceptors (Lipinski definition) is 4. The molecule has 5 heteroatoms. The summed E-state index contributed by atoms with van der Waals surface area (Å²) in [5.74, 6) is 0.303. The first kappa shape index (κ1) is 13.5. The van der Waals surface area contributed by atoms with Gasteiger partial charge in [0.1, 0.15) is 0 Å². The molecule has 1 aromatic rings. The molecule has 0 aromatic heterocycles. The Labute approximate surface area is 109 Å². The first-order chi connectivity index (χ1) is 8.52. The van der Waals surface area contributed by atoms with Crippen LogP contribution in [0.15, 0.2) is 30.3 Å². The minimum atomic E-state index is -2.96. The van der Waals surface area contributed by atoms with Crippen molar-refractivity contribution in [2.45, 2.75) is 25.6 Å². The molecule has 0 aliphatic carbocycles. The van der Waals surface area contributed by atoms with Gasteiger partial charge in [0.25, 0.3) is 0 Å².